The molecule has 0 bridgehead atoms. The van der Waals surface area contributed by atoms with Gasteiger partial charge in [0.25, 0.3) is 0 Å². The molecule has 2 heterocycles. The molecule has 1 aromatic heterocycles. The van der Waals surface area contributed by atoms with Crippen LogP contribution in [0.15, 0.2) is 12.4 Å². The van der Waals surface area contributed by atoms with E-state index < -0.39 is 0 Å². The number of rotatable bonds is 3. The first kappa shape index (κ1) is 10.6. The number of aromatic nitrogens is 2. The minimum Gasteiger partial charge on any atom is -0.373 e. The normalized spacial score (nSPS) is 28.2. The van der Waals surface area contributed by atoms with Gasteiger partial charge in [-0.1, -0.05) is 0 Å². The van der Waals surface area contributed by atoms with E-state index in [2.05, 4.69) is 17.3 Å². The largest absolute Gasteiger partial charge is 0.373 e. The predicted octanol–water partition coefficient (Wildman–Crippen LogP) is 0.494. The van der Waals surface area contributed by atoms with E-state index in [1.165, 1.54) is 0 Å². The molecule has 1 aromatic rings. The van der Waals surface area contributed by atoms with Gasteiger partial charge in [-0.15, -0.1) is 0 Å². The molecule has 0 radical (unpaired) electrons. The molecule has 2 rings (SSSR count). The Bertz CT molecular complexity index is 330. The Morgan fingerprint density at radius 2 is 2.53 bits per heavy atom. The summed E-state index contributed by atoms with van der Waals surface area (Å²) in [5.74, 6) is 6.53. The van der Waals surface area contributed by atoms with Crippen molar-refractivity contribution >= 4 is 0 Å². The SMILES string of the molecule is Cn1ccnc1C(NN)C1(C)CCCO1. The Morgan fingerprint density at radius 3 is 3.00 bits per heavy atom. The maximum atomic E-state index is 5.78. The van der Waals surface area contributed by atoms with Gasteiger partial charge in [-0.25, -0.2) is 10.4 Å². The standard InChI is InChI=1S/C10H18N4O/c1-10(4-3-7-15-10)8(13-11)9-12-5-6-14(9)2/h5-6,8,13H,3-4,7,11H2,1-2H3. The van der Waals surface area contributed by atoms with Crippen LogP contribution in [0, 0.1) is 0 Å². The number of nitrogens with zero attached hydrogens (tertiary/aromatic N) is 2. The highest BCUT2D eigenvalue weighted by molar-refractivity contribution is 5.07. The van der Waals surface area contributed by atoms with Crippen molar-refractivity contribution in [2.45, 2.75) is 31.4 Å². The van der Waals surface area contributed by atoms with Gasteiger partial charge in [-0.2, -0.15) is 0 Å². The number of hydrazine groups is 1. The summed E-state index contributed by atoms with van der Waals surface area (Å²) in [5, 5.41) is 0. The van der Waals surface area contributed by atoms with Gasteiger partial charge in [0.15, 0.2) is 0 Å². The van der Waals surface area contributed by atoms with Crippen molar-refractivity contribution in [3.05, 3.63) is 18.2 Å². The van der Waals surface area contributed by atoms with Crippen LogP contribution in [0.1, 0.15) is 31.6 Å². The molecule has 2 unspecified atom stereocenters. The van der Waals surface area contributed by atoms with E-state index in [9.17, 15) is 0 Å². The maximum Gasteiger partial charge on any atom is 0.129 e. The van der Waals surface area contributed by atoms with Gasteiger partial charge in [0, 0.05) is 26.0 Å². The average molecular weight is 210 g/mol. The summed E-state index contributed by atoms with van der Waals surface area (Å²) >= 11 is 0. The number of aryl methyl sites for hydroxylation is 1. The van der Waals surface area contributed by atoms with Crippen molar-refractivity contribution in [2.24, 2.45) is 12.9 Å². The van der Waals surface area contributed by atoms with Gasteiger partial charge >= 0.3 is 0 Å². The summed E-state index contributed by atoms with van der Waals surface area (Å²) in [7, 11) is 1.96. The number of hydrogen-bond donors (Lipinski definition) is 2. The summed E-state index contributed by atoms with van der Waals surface area (Å²) in [4.78, 5) is 4.32. The summed E-state index contributed by atoms with van der Waals surface area (Å²) in [6.07, 6.45) is 5.78. The molecule has 2 atom stereocenters. The monoisotopic (exact) mass is 210 g/mol. The molecule has 1 fully saturated rings. The predicted molar refractivity (Wildman–Crippen MR) is 56.9 cm³/mol. The van der Waals surface area contributed by atoms with Gasteiger partial charge in [0.1, 0.15) is 11.9 Å². The van der Waals surface area contributed by atoms with Gasteiger partial charge in [0.05, 0.1) is 5.60 Å². The minimum atomic E-state index is -0.242. The van der Waals surface area contributed by atoms with Crippen LogP contribution in [0.4, 0.5) is 0 Å². The van der Waals surface area contributed by atoms with Crippen LogP contribution in [0.25, 0.3) is 0 Å². The Balaban J connectivity index is 2.27. The third kappa shape index (κ3) is 1.78. The lowest BCUT2D eigenvalue weighted by molar-refractivity contribution is -0.0156. The van der Waals surface area contributed by atoms with Crippen LogP contribution in [-0.2, 0) is 11.8 Å². The fourth-order valence-electron chi connectivity index (χ4n) is 2.21. The summed E-state index contributed by atoms with van der Waals surface area (Å²) in [6, 6.07) is -0.0556. The van der Waals surface area contributed by atoms with Crippen LogP contribution < -0.4 is 11.3 Å². The van der Waals surface area contributed by atoms with E-state index >= 15 is 0 Å². The van der Waals surface area contributed by atoms with Gasteiger partial charge in [-0.05, 0) is 19.8 Å². The lowest BCUT2D eigenvalue weighted by atomic mass is 9.93. The van der Waals surface area contributed by atoms with Crippen molar-refractivity contribution in [1.82, 2.24) is 15.0 Å². The zero-order chi connectivity index (χ0) is 10.9. The third-order valence-electron chi connectivity index (χ3n) is 3.14. The van der Waals surface area contributed by atoms with E-state index in [4.69, 9.17) is 10.6 Å². The van der Waals surface area contributed by atoms with E-state index in [1.54, 1.807) is 6.20 Å². The topological polar surface area (TPSA) is 65.1 Å². The van der Waals surface area contributed by atoms with E-state index in [0.29, 0.717) is 0 Å². The third-order valence-corrected chi connectivity index (χ3v) is 3.14. The highest BCUT2D eigenvalue weighted by Gasteiger charge is 2.40. The van der Waals surface area contributed by atoms with Gasteiger partial charge < -0.3 is 9.30 Å². The van der Waals surface area contributed by atoms with Crippen molar-refractivity contribution in [2.75, 3.05) is 6.61 Å². The van der Waals surface area contributed by atoms with Crippen LogP contribution in [-0.4, -0.2) is 21.8 Å². The number of nitrogens with two attached hydrogens (primary N) is 1. The molecule has 0 saturated carbocycles. The molecule has 5 heteroatoms. The molecule has 1 aliphatic heterocycles. The maximum absolute atomic E-state index is 5.78. The second-order valence-corrected chi connectivity index (χ2v) is 4.26. The summed E-state index contributed by atoms with van der Waals surface area (Å²) < 4.78 is 7.75. The van der Waals surface area contributed by atoms with E-state index in [-0.39, 0.29) is 11.6 Å². The second-order valence-electron chi connectivity index (χ2n) is 4.26. The number of imidazole rings is 1. The van der Waals surface area contributed by atoms with Gasteiger partial charge in [0.2, 0.25) is 0 Å². The second kappa shape index (κ2) is 3.92. The Labute approximate surface area is 89.6 Å². The molecule has 0 aliphatic carbocycles. The van der Waals surface area contributed by atoms with Crippen LogP contribution in [0.3, 0.4) is 0 Å². The molecule has 0 spiro atoms. The lowest BCUT2D eigenvalue weighted by Gasteiger charge is -2.32. The van der Waals surface area contributed by atoms with Gasteiger partial charge in [-0.3, -0.25) is 5.84 Å². The first-order valence-corrected chi connectivity index (χ1v) is 5.25. The quantitative estimate of drug-likeness (QED) is 0.563. The lowest BCUT2D eigenvalue weighted by Crippen LogP contribution is -2.45. The molecular formula is C10H18N4O. The number of nitrogens with one attached hydrogen (secondary N) is 1. The zero-order valence-electron chi connectivity index (χ0n) is 9.23. The molecule has 84 valence electrons. The zero-order valence-corrected chi connectivity index (χ0v) is 9.23. The fourth-order valence-corrected chi connectivity index (χ4v) is 2.21. The van der Waals surface area contributed by atoms with Crippen molar-refractivity contribution < 1.29 is 4.74 Å². The highest BCUT2D eigenvalue weighted by atomic mass is 16.5. The molecular weight excluding hydrogens is 192 g/mol. The Hall–Kier alpha value is -0.910. The highest BCUT2D eigenvalue weighted by Crippen LogP contribution is 2.35. The van der Waals surface area contributed by atoms with Crippen molar-refractivity contribution in [3.63, 3.8) is 0 Å². The molecule has 0 amide bonds. The van der Waals surface area contributed by atoms with Crippen molar-refractivity contribution in [3.8, 4) is 0 Å². The van der Waals surface area contributed by atoms with Crippen molar-refractivity contribution in [1.29, 1.82) is 0 Å². The first-order chi connectivity index (χ1) is 7.17. The average Bonchev–Trinajstić information content (AvgIpc) is 2.79. The van der Waals surface area contributed by atoms with E-state index in [0.717, 1.165) is 25.3 Å². The summed E-state index contributed by atoms with van der Waals surface area (Å²) in [6.45, 7) is 2.89. The summed E-state index contributed by atoms with van der Waals surface area (Å²) in [5.41, 5.74) is 2.58. The van der Waals surface area contributed by atoms with Crippen LogP contribution in [0.5, 0.6) is 0 Å². The smallest absolute Gasteiger partial charge is 0.129 e. The first-order valence-electron chi connectivity index (χ1n) is 5.25. The molecule has 5 nitrogen and oxygen atoms in total. The Kier molecular flexibility index (Phi) is 2.77. The van der Waals surface area contributed by atoms with E-state index in [1.807, 2.05) is 17.8 Å². The minimum absolute atomic E-state index is 0.0556. The number of hydrogen-bond acceptors (Lipinski definition) is 4. The molecule has 0 aromatic carbocycles. The van der Waals surface area contributed by atoms with Crippen LogP contribution in [0.2, 0.25) is 0 Å². The molecule has 15 heavy (non-hydrogen) atoms. The molecule has 1 aliphatic rings. The number of ether oxygens (including phenoxy) is 1. The molecule has 3 N–H and O–H groups in total. The Morgan fingerprint density at radius 1 is 1.73 bits per heavy atom. The molecule has 1 saturated heterocycles. The van der Waals surface area contributed by atoms with Crippen LogP contribution >= 0.6 is 0 Å². The fraction of sp³-hybridized carbons (Fsp3) is 0.700.